The summed E-state index contributed by atoms with van der Waals surface area (Å²) in [6, 6.07) is -0.881. The fourth-order valence-corrected chi connectivity index (χ4v) is 8.93. The summed E-state index contributed by atoms with van der Waals surface area (Å²) in [7, 11) is 1.53. The molecule has 0 fully saturated rings. The molecule has 1 amide bonds. The monoisotopic (exact) mass is 988 g/mol. The van der Waals surface area contributed by atoms with Crippen LogP contribution in [-0.2, 0) is 18.4 Å². The number of nitrogens with zero attached hydrogens (tertiary/aromatic N) is 1. The van der Waals surface area contributed by atoms with Gasteiger partial charge in [0.1, 0.15) is 13.2 Å². The van der Waals surface area contributed by atoms with E-state index >= 15 is 0 Å². The van der Waals surface area contributed by atoms with Crippen molar-refractivity contribution in [2.45, 2.75) is 264 Å². The summed E-state index contributed by atoms with van der Waals surface area (Å²) in [6.07, 6.45) is 70.3. The predicted octanol–water partition coefficient (Wildman–Crippen LogP) is 17.5. The number of quaternary nitrogens is 1. The number of phosphoric acid groups is 1. The van der Waals surface area contributed by atoms with E-state index in [1.165, 1.54) is 167 Å². The molecule has 0 aliphatic rings. The van der Waals surface area contributed by atoms with Gasteiger partial charge in [-0.05, 0) is 57.8 Å². The Morgan fingerprint density at radius 3 is 1.26 bits per heavy atom. The highest BCUT2D eigenvalue weighted by atomic mass is 31.2. The first-order valence-electron chi connectivity index (χ1n) is 28.8. The maximum atomic E-state index is 12.9. The summed E-state index contributed by atoms with van der Waals surface area (Å²) in [5.41, 5.74) is 0. The third-order valence-electron chi connectivity index (χ3n) is 12.7. The lowest BCUT2D eigenvalue weighted by Crippen LogP contribution is -2.45. The molecule has 0 aromatic rings. The molecular weight excluding hydrogens is 876 g/mol. The van der Waals surface area contributed by atoms with Crippen LogP contribution >= 0.6 is 7.82 Å². The minimum Gasteiger partial charge on any atom is -0.387 e. The number of likely N-dealkylation sites (N-methyl/N-ethyl adjacent to an activating group) is 1. The Hall–Kier alpha value is -2.06. The molecule has 9 heteroatoms. The number of allylic oxidation sites excluding steroid dienone is 11. The van der Waals surface area contributed by atoms with E-state index < -0.39 is 20.0 Å². The second kappa shape index (κ2) is 50.9. The molecule has 3 unspecified atom stereocenters. The van der Waals surface area contributed by atoms with Crippen molar-refractivity contribution >= 4 is 13.7 Å². The number of phosphoric ester groups is 1. The molecule has 0 aromatic carbocycles. The van der Waals surface area contributed by atoms with E-state index in [-0.39, 0.29) is 25.5 Å². The summed E-state index contributed by atoms with van der Waals surface area (Å²) < 4.78 is 23.7. The Bertz CT molecular complexity index is 1350. The highest BCUT2D eigenvalue weighted by Gasteiger charge is 2.27. The van der Waals surface area contributed by atoms with E-state index in [1.54, 1.807) is 6.08 Å². The van der Waals surface area contributed by atoms with Crippen molar-refractivity contribution in [1.82, 2.24) is 5.32 Å². The van der Waals surface area contributed by atoms with Gasteiger partial charge in [-0.2, -0.15) is 0 Å². The third-order valence-corrected chi connectivity index (χ3v) is 13.7. The number of carbonyl (C=O) groups excluding carboxylic acids is 1. The average Bonchev–Trinajstić information content (AvgIpc) is 3.31. The second-order valence-electron chi connectivity index (χ2n) is 20.6. The largest absolute Gasteiger partial charge is 0.472 e. The van der Waals surface area contributed by atoms with Gasteiger partial charge in [-0.15, -0.1) is 0 Å². The molecule has 0 rings (SSSR count). The topological polar surface area (TPSA) is 105 Å². The van der Waals surface area contributed by atoms with Gasteiger partial charge in [0.2, 0.25) is 5.91 Å². The third kappa shape index (κ3) is 53.6. The van der Waals surface area contributed by atoms with Gasteiger partial charge in [0.05, 0.1) is 39.9 Å². The lowest BCUT2D eigenvalue weighted by atomic mass is 10.0. The SMILES string of the molecule is CC/C=C\C/C=C\C/C=C\C/C=C\C/C=C\CCCC(=O)NC(COP(=O)(O)OCC[N+](C)(C)C)C(O)/C=C/CCCCCCCCCCCCCCCCCCCCCCCCCCCCCC. The number of unbranched alkanes of at least 4 members (excludes halogenated alkanes) is 29. The van der Waals surface area contributed by atoms with E-state index in [0.717, 1.165) is 57.8 Å². The normalized spacial score (nSPS) is 14.5. The van der Waals surface area contributed by atoms with Gasteiger partial charge >= 0.3 is 7.82 Å². The van der Waals surface area contributed by atoms with Crippen molar-refractivity contribution in [2.24, 2.45) is 0 Å². The Morgan fingerprint density at radius 1 is 0.507 bits per heavy atom. The van der Waals surface area contributed by atoms with Crippen LogP contribution in [0.4, 0.5) is 0 Å². The molecule has 69 heavy (non-hydrogen) atoms. The van der Waals surface area contributed by atoms with Crippen LogP contribution in [0.15, 0.2) is 72.9 Å². The first-order chi connectivity index (χ1) is 33.5. The minimum absolute atomic E-state index is 0.0478. The van der Waals surface area contributed by atoms with Crippen LogP contribution in [0.25, 0.3) is 0 Å². The molecule has 0 radical (unpaired) electrons. The molecule has 3 N–H and O–H groups in total. The highest BCUT2D eigenvalue weighted by molar-refractivity contribution is 7.47. The molecule has 0 aliphatic carbocycles. The van der Waals surface area contributed by atoms with Crippen LogP contribution in [0.5, 0.6) is 0 Å². The van der Waals surface area contributed by atoms with Crippen molar-refractivity contribution in [3.63, 3.8) is 0 Å². The fourth-order valence-electron chi connectivity index (χ4n) is 8.20. The van der Waals surface area contributed by atoms with Crippen LogP contribution in [-0.4, -0.2) is 73.4 Å². The number of nitrogens with one attached hydrogen (secondary N) is 1. The van der Waals surface area contributed by atoms with Crippen molar-refractivity contribution in [3.05, 3.63) is 72.9 Å². The summed E-state index contributed by atoms with van der Waals surface area (Å²) >= 11 is 0. The zero-order valence-electron chi connectivity index (χ0n) is 45.8. The molecule has 0 aromatic heterocycles. The first-order valence-corrected chi connectivity index (χ1v) is 30.3. The zero-order chi connectivity index (χ0) is 50.6. The molecule has 0 heterocycles. The first kappa shape index (κ1) is 66.9. The van der Waals surface area contributed by atoms with Gasteiger partial charge in [-0.1, -0.05) is 260 Å². The Balaban J connectivity index is 4.20. The van der Waals surface area contributed by atoms with Crippen LogP contribution in [0.2, 0.25) is 0 Å². The smallest absolute Gasteiger partial charge is 0.387 e. The van der Waals surface area contributed by atoms with E-state index in [1.807, 2.05) is 27.2 Å². The Kier molecular flexibility index (Phi) is 49.3. The van der Waals surface area contributed by atoms with Gasteiger partial charge in [-0.3, -0.25) is 13.8 Å². The van der Waals surface area contributed by atoms with E-state index in [2.05, 4.69) is 79.9 Å². The molecule has 0 saturated carbocycles. The van der Waals surface area contributed by atoms with Gasteiger partial charge in [0, 0.05) is 6.42 Å². The predicted molar refractivity (Wildman–Crippen MR) is 300 cm³/mol. The number of carbonyl (C=O) groups is 1. The lowest BCUT2D eigenvalue weighted by Gasteiger charge is -2.25. The molecule has 402 valence electrons. The molecule has 0 bridgehead atoms. The molecule has 0 saturated heterocycles. The minimum atomic E-state index is -4.37. The zero-order valence-corrected chi connectivity index (χ0v) is 46.7. The second-order valence-corrected chi connectivity index (χ2v) is 22.1. The molecule has 8 nitrogen and oxygen atoms in total. The van der Waals surface area contributed by atoms with Crippen LogP contribution in [0.3, 0.4) is 0 Å². The van der Waals surface area contributed by atoms with Gasteiger partial charge < -0.3 is 19.8 Å². The molecular formula is C60H112N2O6P+. The summed E-state index contributed by atoms with van der Waals surface area (Å²) in [5.74, 6) is -0.233. The van der Waals surface area contributed by atoms with E-state index in [0.29, 0.717) is 17.4 Å². The van der Waals surface area contributed by atoms with Gasteiger partial charge in [0.25, 0.3) is 0 Å². The van der Waals surface area contributed by atoms with Crippen molar-refractivity contribution < 1.29 is 32.9 Å². The van der Waals surface area contributed by atoms with Crippen molar-refractivity contribution in [2.75, 3.05) is 40.9 Å². The van der Waals surface area contributed by atoms with Crippen LogP contribution in [0.1, 0.15) is 251 Å². The van der Waals surface area contributed by atoms with Gasteiger partial charge in [0.15, 0.2) is 0 Å². The number of hydrogen-bond acceptors (Lipinski definition) is 5. The van der Waals surface area contributed by atoms with Crippen LogP contribution in [0, 0.1) is 0 Å². The van der Waals surface area contributed by atoms with Gasteiger partial charge in [-0.25, -0.2) is 4.57 Å². The lowest BCUT2D eigenvalue weighted by molar-refractivity contribution is -0.870. The summed E-state index contributed by atoms with van der Waals surface area (Å²) in [6.45, 7) is 4.67. The number of hydrogen-bond donors (Lipinski definition) is 3. The van der Waals surface area contributed by atoms with Crippen molar-refractivity contribution in [1.29, 1.82) is 0 Å². The number of aliphatic hydroxyl groups excluding tert-OH is 1. The standard InChI is InChI=1S/C60H111N2O6P/c1-6-8-10-12-14-16-18-20-22-24-25-26-27-28-29-30-31-32-33-34-35-36-38-39-41-43-45-47-49-51-53-59(63)58(57-68-69(65,66)67-56-55-62(3,4)5)61-60(64)54-52-50-48-46-44-42-40-37-23-21-19-17-15-13-11-9-7-2/h9,11,15,17,21,23,40,42,46,48,51,53,58-59,63H,6-8,10,12-14,16,18-20,22,24-39,41,43-45,47,49-50,52,54-57H2,1-5H3,(H-,61,64,65,66)/p+1/b11-9-,17-15-,23-21-,42-40-,48-46-,53-51+. The van der Waals surface area contributed by atoms with Crippen LogP contribution < -0.4 is 5.32 Å². The molecule has 3 atom stereocenters. The van der Waals surface area contributed by atoms with E-state index in [9.17, 15) is 19.4 Å². The maximum Gasteiger partial charge on any atom is 0.472 e. The molecule has 0 aliphatic heterocycles. The van der Waals surface area contributed by atoms with Crippen molar-refractivity contribution in [3.8, 4) is 0 Å². The number of rotatable bonds is 52. The van der Waals surface area contributed by atoms with E-state index in [4.69, 9.17) is 9.05 Å². The highest BCUT2D eigenvalue weighted by Crippen LogP contribution is 2.43. The quantitative estimate of drug-likeness (QED) is 0.0243. The Labute approximate surface area is 427 Å². The summed E-state index contributed by atoms with van der Waals surface area (Å²) in [5, 5.41) is 13.9. The molecule has 0 spiro atoms. The average molecular weight is 989 g/mol. The summed E-state index contributed by atoms with van der Waals surface area (Å²) in [4.78, 5) is 23.2. The maximum absolute atomic E-state index is 12.9. The number of aliphatic hydroxyl groups is 1. The number of amides is 1. The Morgan fingerprint density at radius 2 is 0.870 bits per heavy atom. The fraction of sp³-hybridized carbons (Fsp3) is 0.783.